The van der Waals surface area contributed by atoms with Gasteiger partial charge in [0.25, 0.3) is 0 Å². The van der Waals surface area contributed by atoms with Crippen LogP contribution in [-0.2, 0) is 6.42 Å². The van der Waals surface area contributed by atoms with Gasteiger partial charge in [0, 0.05) is 10.8 Å². The third-order valence-electron chi connectivity index (χ3n) is 7.46. The lowest BCUT2D eigenvalue weighted by Crippen LogP contribution is -1.89. The van der Waals surface area contributed by atoms with Crippen LogP contribution >= 0.6 is 0 Å². The average Bonchev–Trinajstić information content (AvgIpc) is 3.48. The van der Waals surface area contributed by atoms with Crippen molar-refractivity contribution >= 4 is 54.6 Å². The second kappa shape index (κ2) is 8.04. The fraction of sp³-hybridized carbons (Fsp3) is 0.152. The van der Waals surface area contributed by atoms with Crippen LogP contribution in [0, 0.1) is 6.92 Å². The normalized spacial score (nSPS) is 11.9. The van der Waals surface area contributed by atoms with Crippen molar-refractivity contribution < 1.29 is 18.3 Å². The molecule has 0 atom stereocenters. The average molecular weight is 487 g/mol. The summed E-state index contributed by atoms with van der Waals surface area (Å²) in [7, 11) is 3.36. The highest BCUT2D eigenvalue weighted by Gasteiger charge is 2.26. The van der Waals surface area contributed by atoms with E-state index in [0.29, 0.717) is 22.7 Å². The highest BCUT2D eigenvalue weighted by atomic mass is 16.5. The van der Waals surface area contributed by atoms with Gasteiger partial charge >= 0.3 is 0 Å². The molecule has 7 aromatic rings. The largest absolute Gasteiger partial charge is 0.492 e. The zero-order chi connectivity index (χ0) is 25.3. The third-order valence-corrected chi connectivity index (χ3v) is 7.46. The Balaban J connectivity index is 1.54. The summed E-state index contributed by atoms with van der Waals surface area (Å²) in [6.45, 7) is 4.26. The van der Waals surface area contributed by atoms with Gasteiger partial charge in [0.15, 0.2) is 22.7 Å². The molecule has 5 aromatic carbocycles. The lowest BCUT2D eigenvalue weighted by Gasteiger charge is -2.08. The molecule has 0 saturated carbocycles. The Labute approximate surface area is 214 Å². The molecule has 0 N–H and O–H groups in total. The van der Waals surface area contributed by atoms with Gasteiger partial charge in [-0.1, -0.05) is 61.0 Å². The van der Waals surface area contributed by atoms with Gasteiger partial charge in [0.1, 0.15) is 11.2 Å². The highest BCUT2D eigenvalue weighted by Crippen LogP contribution is 2.51. The minimum absolute atomic E-state index is 0.654. The van der Waals surface area contributed by atoms with Gasteiger partial charge in [-0.05, 0) is 65.1 Å². The Morgan fingerprint density at radius 2 is 1.27 bits per heavy atom. The number of ether oxygens (including phenoxy) is 2. The van der Waals surface area contributed by atoms with E-state index in [1.54, 1.807) is 14.2 Å². The van der Waals surface area contributed by atoms with Gasteiger partial charge in [-0.15, -0.1) is 0 Å². The van der Waals surface area contributed by atoms with E-state index < -0.39 is 0 Å². The zero-order valence-electron chi connectivity index (χ0n) is 21.3. The topological polar surface area (TPSA) is 44.7 Å². The van der Waals surface area contributed by atoms with E-state index in [0.717, 1.165) is 61.0 Å². The molecule has 7 rings (SSSR count). The molecule has 2 aromatic heterocycles. The van der Waals surface area contributed by atoms with Crippen molar-refractivity contribution in [3.8, 4) is 22.6 Å². The second-order valence-corrected chi connectivity index (χ2v) is 9.64. The molecule has 4 nitrogen and oxygen atoms in total. The minimum atomic E-state index is 0.654. The number of hydrogen-bond donors (Lipinski definition) is 0. The van der Waals surface area contributed by atoms with E-state index in [9.17, 15) is 0 Å². The van der Waals surface area contributed by atoms with Gasteiger partial charge in [-0.2, -0.15) is 0 Å². The summed E-state index contributed by atoms with van der Waals surface area (Å²) in [6, 6.07) is 25.7. The fourth-order valence-electron chi connectivity index (χ4n) is 5.56. The van der Waals surface area contributed by atoms with Crippen LogP contribution in [0.15, 0.2) is 81.6 Å². The lowest BCUT2D eigenvalue weighted by molar-refractivity contribution is 0.408. The van der Waals surface area contributed by atoms with E-state index >= 15 is 0 Å². The molecule has 0 spiro atoms. The lowest BCUT2D eigenvalue weighted by atomic mass is 10.0. The van der Waals surface area contributed by atoms with Crippen molar-refractivity contribution in [3.05, 3.63) is 83.9 Å². The predicted octanol–water partition coefficient (Wildman–Crippen LogP) is 9.19. The fourth-order valence-corrected chi connectivity index (χ4v) is 5.56. The summed E-state index contributed by atoms with van der Waals surface area (Å²) in [5.41, 5.74) is 7.68. The molecule has 0 amide bonds. The Morgan fingerprint density at radius 1 is 0.622 bits per heavy atom. The smallest absolute Gasteiger partial charge is 0.181 e. The number of methoxy groups -OCH3 is 2. The summed E-state index contributed by atoms with van der Waals surface area (Å²) in [6.07, 6.45) is 1.02. The number of benzene rings is 5. The molecule has 2 heterocycles. The summed E-state index contributed by atoms with van der Waals surface area (Å²) in [4.78, 5) is 0. The van der Waals surface area contributed by atoms with E-state index in [2.05, 4.69) is 86.6 Å². The molecule has 0 saturated heterocycles. The first-order valence-corrected chi connectivity index (χ1v) is 12.6. The standard InChI is InChI=1S/C33H26O4/c1-5-19-7-10-20(11-8-19)22-12-13-24-26(16-22)36-32-28(24)30(34-3)33-29(31(32)35-4)25-15-21-9-6-18(2)14-23(21)17-27(25)37-33/h6-17H,5H2,1-4H3. The molecule has 4 heteroatoms. The molecule has 182 valence electrons. The number of hydrogen-bond acceptors (Lipinski definition) is 4. The minimum Gasteiger partial charge on any atom is -0.492 e. The van der Waals surface area contributed by atoms with E-state index in [1.165, 1.54) is 11.1 Å². The molecule has 0 aliphatic rings. The zero-order valence-corrected chi connectivity index (χ0v) is 21.3. The van der Waals surface area contributed by atoms with E-state index in [-0.39, 0.29) is 0 Å². The molecule has 0 radical (unpaired) electrons. The number of aryl methyl sites for hydroxylation is 2. The second-order valence-electron chi connectivity index (χ2n) is 9.64. The van der Waals surface area contributed by atoms with Crippen LogP contribution in [0.2, 0.25) is 0 Å². The molecule has 0 bridgehead atoms. The van der Waals surface area contributed by atoms with Crippen LogP contribution in [0.4, 0.5) is 0 Å². The Hall–Kier alpha value is -4.44. The maximum atomic E-state index is 6.51. The maximum Gasteiger partial charge on any atom is 0.181 e. The Kier molecular flexibility index (Phi) is 4.74. The van der Waals surface area contributed by atoms with Gasteiger partial charge in [0.2, 0.25) is 0 Å². The summed E-state index contributed by atoms with van der Waals surface area (Å²) in [5, 5.41) is 5.93. The van der Waals surface area contributed by atoms with E-state index in [4.69, 9.17) is 18.3 Å². The molecule has 0 aliphatic carbocycles. The van der Waals surface area contributed by atoms with Crippen molar-refractivity contribution in [1.82, 2.24) is 0 Å². The van der Waals surface area contributed by atoms with Crippen LogP contribution in [0.5, 0.6) is 11.5 Å². The van der Waals surface area contributed by atoms with Crippen molar-refractivity contribution in [1.29, 1.82) is 0 Å². The molecular formula is C33H26O4. The van der Waals surface area contributed by atoms with Gasteiger partial charge in [-0.3, -0.25) is 0 Å². The van der Waals surface area contributed by atoms with Crippen molar-refractivity contribution in [2.75, 3.05) is 14.2 Å². The number of furan rings is 2. The molecule has 0 aliphatic heterocycles. The SMILES string of the molecule is CCc1ccc(-c2ccc3c(c2)oc2c(OC)c4c(oc5cc6cc(C)ccc6cc54)c(OC)c23)cc1. The Morgan fingerprint density at radius 3 is 1.95 bits per heavy atom. The summed E-state index contributed by atoms with van der Waals surface area (Å²) in [5.74, 6) is 1.31. The van der Waals surface area contributed by atoms with Gasteiger partial charge in [0.05, 0.1) is 25.0 Å². The van der Waals surface area contributed by atoms with Crippen LogP contribution in [0.25, 0.3) is 65.8 Å². The molecular weight excluding hydrogens is 460 g/mol. The maximum absolute atomic E-state index is 6.51. The van der Waals surface area contributed by atoms with Crippen molar-refractivity contribution in [2.45, 2.75) is 20.3 Å². The first-order valence-electron chi connectivity index (χ1n) is 12.6. The van der Waals surface area contributed by atoms with Crippen LogP contribution in [-0.4, -0.2) is 14.2 Å². The van der Waals surface area contributed by atoms with Gasteiger partial charge < -0.3 is 18.3 Å². The first kappa shape index (κ1) is 21.8. The van der Waals surface area contributed by atoms with Crippen LogP contribution in [0.1, 0.15) is 18.1 Å². The third kappa shape index (κ3) is 3.15. The van der Waals surface area contributed by atoms with Crippen molar-refractivity contribution in [2.24, 2.45) is 0 Å². The van der Waals surface area contributed by atoms with Crippen molar-refractivity contribution in [3.63, 3.8) is 0 Å². The van der Waals surface area contributed by atoms with Gasteiger partial charge in [-0.25, -0.2) is 0 Å². The number of rotatable bonds is 4. The monoisotopic (exact) mass is 486 g/mol. The summed E-state index contributed by atoms with van der Waals surface area (Å²) >= 11 is 0. The van der Waals surface area contributed by atoms with Crippen LogP contribution < -0.4 is 9.47 Å². The number of fused-ring (bicyclic) bond motifs is 7. The predicted molar refractivity (Wildman–Crippen MR) is 151 cm³/mol. The highest BCUT2D eigenvalue weighted by molar-refractivity contribution is 6.24. The molecule has 0 fully saturated rings. The quantitative estimate of drug-likeness (QED) is 0.249. The molecule has 0 unspecified atom stereocenters. The summed E-state index contributed by atoms with van der Waals surface area (Å²) < 4.78 is 24.9. The van der Waals surface area contributed by atoms with E-state index in [1.807, 2.05) is 0 Å². The Bertz CT molecular complexity index is 1990. The first-order chi connectivity index (χ1) is 18.1. The van der Waals surface area contributed by atoms with Crippen LogP contribution in [0.3, 0.4) is 0 Å². The molecule has 37 heavy (non-hydrogen) atoms.